The van der Waals surface area contributed by atoms with Gasteiger partial charge in [-0.1, -0.05) is 0 Å². The normalized spacial score (nSPS) is 23.9. The molecule has 1 fully saturated rings. The number of amides is 1. The highest BCUT2D eigenvalue weighted by Crippen LogP contribution is 2.21. The molecule has 0 unspecified atom stereocenters. The predicted octanol–water partition coefficient (Wildman–Crippen LogP) is 1.17. The molecule has 0 saturated carbocycles. The lowest BCUT2D eigenvalue weighted by atomic mass is 9.94. The number of ether oxygens (including phenoxy) is 2. The Kier molecular flexibility index (Phi) is 5.17. The molecule has 1 rings (SSSR count). The number of piperidine rings is 1. The molecular formula is C13H23NO5. The van der Waals surface area contributed by atoms with Gasteiger partial charge < -0.3 is 19.5 Å². The van der Waals surface area contributed by atoms with Crippen molar-refractivity contribution < 1.29 is 24.2 Å². The molecule has 0 aliphatic carbocycles. The van der Waals surface area contributed by atoms with Gasteiger partial charge in [-0.2, -0.15) is 0 Å². The lowest BCUT2D eigenvalue weighted by Crippen LogP contribution is -2.50. The van der Waals surface area contributed by atoms with Crippen molar-refractivity contribution in [3.63, 3.8) is 0 Å². The topological polar surface area (TPSA) is 76.1 Å². The van der Waals surface area contributed by atoms with E-state index in [0.717, 1.165) is 0 Å². The first-order valence-electron chi connectivity index (χ1n) is 6.57. The zero-order valence-corrected chi connectivity index (χ0v) is 12.0. The van der Waals surface area contributed by atoms with Crippen LogP contribution in [0.4, 0.5) is 4.79 Å². The molecule has 1 aliphatic heterocycles. The number of β-amino-alcohol motifs (C(OH)–C–C–N with tert-alkyl or cyclic N) is 1. The van der Waals surface area contributed by atoms with Crippen LogP contribution in [0.5, 0.6) is 0 Å². The molecular weight excluding hydrogens is 250 g/mol. The van der Waals surface area contributed by atoms with E-state index in [2.05, 4.69) is 0 Å². The van der Waals surface area contributed by atoms with Crippen molar-refractivity contribution in [3.8, 4) is 0 Å². The van der Waals surface area contributed by atoms with Crippen molar-refractivity contribution in [1.29, 1.82) is 0 Å². The highest BCUT2D eigenvalue weighted by molar-refractivity contribution is 5.74. The quantitative estimate of drug-likeness (QED) is 0.764. The Labute approximate surface area is 113 Å². The summed E-state index contributed by atoms with van der Waals surface area (Å²) in [6, 6.07) is 0. The summed E-state index contributed by atoms with van der Waals surface area (Å²) < 4.78 is 10.1. The van der Waals surface area contributed by atoms with E-state index in [4.69, 9.17) is 9.47 Å². The average molecular weight is 273 g/mol. The molecule has 0 spiro atoms. The standard InChI is InChI=1S/C13H23NO5/c1-5-18-11(16)9-6-7-14(8-10(9)15)12(17)19-13(2,3)4/h9-10,15H,5-8H2,1-4H3/t9-,10+/m0/s1. The molecule has 0 aromatic carbocycles. The van der Waals surface area contributed by atoms with E-state index in [1.165, 1.54) is 4.90 Å². The van der Waals surface area contributed by atoms with Crippen LogP contribution in [-0.4, -0.2) is 53.5 Å². The second-order valence-electron chi connectivity index (χ2n) is 5.64. The summed E-state index contributed by atoms with van der Waals surface area (Å²) in [4.78, 5) is 24.9. The molecule has 0 radical (unpaired) electrons. The Balaban J connectivity index is 2.54. The van der Waals surface area contributed by atoms with Crippen molar-refractivity contribution in [2.45, 2.75) is 45.8 Å². The van der Waals surface area contributed by atoms with Crippen molar-refractivity contribution >= 4 is 12.1 Å². The van der Waals surface area contributed by atoms with Gasteiger partial charge in [0.1, 0.15) is 5.60 Å². The molecule has 0 aromatic heterocycles. The maximum atomic E-state index is 11.8. The number of esters is 1. The van der Waals surface area contributed by atoms with Gasteiger partial charge in [0.15, 0.2) is 0 Å². The Morgan fingerprint density at radius 1 is 1.37 bits per heavy atom. The highest BCUT2D eigenvalue weighted by Gasteiger charge is 2.36. The first-order chi connectivity index (χ1) is 8.74. The third-order valence-electron chi connectivity index (χ3n) is 2.82. The van der Waals surface area contributed by atoms with Crippen LogP contribution in [0.25, 0.3) is 0 Å². The summed E-state index contributed by atoms with van der Waals surface area (Å²) in [6.07, 6.45) is -0.978. The van der Waals surface area contributed by atoms with E-state index >= 15 is 0 Å². The number of hydrogen-bond donors (Lipinski definition) is 1. The van der Waals surface area contributed by atoms with Crippen LogP contribution in [0.2, 0.25) is 0 Å². The lowest BCUT2D eigenvalue weighted by Gasteiger charge is -2.35. The second kappa shape index (κ2) is 6.23. The minimum Gasteiger partial charge on any atom is -0.466 e. The van der Waals surface area contributed by atoms with E-state index in [0.29, 0.717) is 13.0 Å². The molecule has 6 nitrogen and oxygen atoms in total. The number of hydrogen-bond acceptors (Lipinski definition) is 5. The third kappa shape index (κ3) is 4.70. The number of nitrogens with zero attached hydrogens (tertiary/aromatic N) is 1. The number of likely N-dealkylation sites (tertiary alicyclic amines) is 1. The van der Waals surface area contributed by atoms with Gasteiger partial charge in [0.25, 0.3) is 0 Å². The number of carbonyl (C=O) groups is 2. The number of aliphatic hydroxyl groups excluding tert-OH is 1. The van der Waals surface area contributed by atoms with Crippen LogP contribution in [0, 0.1) is 5.92 Å². The minimum atomic E-state index is -0.902. The molecule has 110 valence electrons. The van der Waals surface area contributed by atoms with E-state index in [1.807, 2.05) is 0 Å². The van der Waals surface area contributed by atoms with Crippen molar-refractivity contribution in [2.75, 3.05) is 19.7 Å². The zero-order chi connectivity index (χ0) is 14.6. The van der Waals surface area contributed by atoms with Crippen LogP contribution >= 0.6 is 0 Å². The fourth-order valence-electron chi connectivity index (χ4n) is 1.95. The van der Waals surface area contributed by atoms with Crippen LogP contribution in [0.3, 0.4) is 0 Å². The maximum Gasteiger partial charge on any atom is 0.410 e. The molecule has 1 N–H and O–H groups in total. The van der Waals surface area contributed by atoms with Gasteiger partial charge in [-0.05, 0) is 34.1 Å². The monoisotopic (exact) mass is 273 g/mol. The summed E-state index contributed by atoms with van der Waals surface area (Å²) in [5, 5.41) is 9.93. The summed E-state index contributed by atoms with van der Waals surface area (Å²) in [6.45, 7) is 7.85. The van der Waals surface area contributed by atoms with Gasteiger partial charge in [0.2, 0.25) is 0 Å². The minimum absolute atomic E-state index is 0.0956. The van der Waals surface area contributed by atoms with Crippen molar-refractivity contribution in [1.82, 2.24) is 4.90 Å². The van der Waals surface area contributed by atoms with Crippen molar-refractivity contribution in [3.05, 3.63) is 0 Å². The Morgan fingerprint density at radius 2 is 2.00 bits per heavy atom. The molecule has 1 amide bonds. The highest BCUT2D eigenvalue weighted by atomic mass is 16.6. The van der Waals surface area contributed by atoms with Gasteiger partial charge in [-0.25, -0.2) is 4.79 Å². The number of rotatable bonds is 2. The molecule has 1 aliphatic rings. The second-order valence-corrected chi connectivity index (χ2v) is 5.64. The molecule has 6 heteroatoms. The van der Waals surface area contributed by atoms with Crippen LogP contribution in [-0.2, 0) is 14.3 Å². The van der Waals surface area contributed by atoms with E-state index < -0.39 is 29.7 Å². The van der Waals surface area contributed by atoms with Gasteiger partial charge in [-0.15, -0.1) is 0 Å². The van der Waals surface area contributed by atoms with E-state index in [-0.39, 0.29) is 13.2 Å². The van der Waals surface area contributed by atoms with Gasteiger partial charge in [0.05, 0.1) is 25.2 Å². The smallest absolute Gasteiger partial charge is 0.410 e. The number of aliphatic hydroxyl groups is 1. The zero-order valence-electron chi connectivity index (χ0n) is 12.0. The Morgan fingerprint density at radius 3 is 2.47 bits per heavy atom. The Hall–Kier alpha value is -1.30. The maximum absolute atomic E-state index is 11.8. The van der Waals surface area contributed by atoms with Gasteiger partial charge >= 0.3 is 12.1 Å². The van der Waals surface area contributed by atoms with Crippen LogP contribution < -0.4 is 0 Å². The fraction of sp³-hybridized carbons (Fsp3) is 0.846. The molecule has 0 aromatic rings. The lowest BCUT2D eigenvalue weighted by molar-refractivity contribution is -0.154. The third-order valence-corrected chi connectivity index (χ3v) is 2.82. The summed E-state index contributed by atoms with van der Waals surface area (Å²) in [7, 11) is 0. The first kappa shape index (κ1) is 15.8. The molecule has 0 bridgehead atoms. The van der Waals surface area contributed by atoms with E-state index in [9.17, 15) is 14.7 Å². The average Bonchev–Trinajstić information content (AvgIpc) is 2.26. The molecule has 19 heavy (non-hydrogen) atoms. The van der Waals surface area contributed by atoms with Crippen LogP contribution in [0.1, 0.15) is 34.1 Å². The molecule has 1 heterocycles. The summed E-state index contributed by atoms with van der Waals surface area (Å²) >= 11 is 0. The summed E-state index contributed by atoms with van der Waals surface area (Å²) in [5.41, 5.74) is -0.569. The largest absolute Gasteiger partial charge is 0.466 e. The van der Waals surface area contributed by atoms with E-state index in [1.54, 1.807) is 27.7 Å². The summed E-state index contributed by atoms with van der Waals surface area (Å²) in [5.74, 6) is -0.961. The van der Waals surface area contributed by atoms with Gasteiger partial charge in [-0.3, -0.25) is 4.79 Å². The van der Waals surface area contributed by atoms with Crippen molar-refractivity contribution in [2.24, 2.45) is 5.92 Å². The van der Waals surface area contributed by atoms with Crippen LogP contribution in [0.15, 0.2) is 0 Å². The molecule has 1 saturated heterocycles. The molecule has 2 atom stereocenters. The fourth-order valence-corrected chi connectivity index (χ4v) is 1.95. The SMILES string of the molecule is CCOC(=O)[C@H]1CCN(C(=O)OC(C)(C)C)C[C@H]1O. The van der Waals surface area contributed by atoms with Gasteiger partial charge in [0, 0.05) is 6.54 Å². The Bertz CT molecular complexity index is 336. The predicted molar refractivity (Wildman–Crippen MR) is 68.6 cm³/mol. The first-order valence-corrected chi connectivity index (χ1v) is 6.57. The number of carbonyl (C=O) groups excluding carboxylic acids is 2.